The number of azo groups is 1. The van der Waals surface area contributed by atoms with Crippen LogP contribution in [0.5, 0.6) is 5.75 Å². The fourth-order valence-electron chi connectivity index (χ4n) is 2.46. The van der Waals surface area contributed by atoms with E-state index in [0.29, 0.717) is 22.6 Å². The van der Waals surface area contributed by atoms with Crippen LogP contribution in [-0.4, -0.2) is 59.7 Å². The second-order valence-corrected chi connectivity index (χ2v) is 11.2. The third kappa shape index (κ3) is 8.67. The standard InChI is InChI=1S/C17H21N3O10S3/c1-12-9-16(18-11-32(23,24)25)17(29-2)10-15(12)20-19-13-3-5-14(6-4-13)31(21,22)8-7-30-33(26,27)28/h3-6,9-10,18H,7-8,11H2,1-2H3,(H,23,24,25)(H,26,27,28)/b20-19+. The SMILES string of the molecule is COc1cc(/N=N/c2ccc(S(=O)(=O)CCOS(=O)(=O)O)cc2)c(C)cc1NCS(=O)(=O)O. The first kappa shape index (κ1) is 26.6. The number of hydrogen-bond acceptors (Lipinski definition) is 11. The molecule has 0 unspecified atom stereocenters. The molecule has 2 rings (SSSR count). The molecule has 0 atom stereocenters. The number of sulfone groups is 1. The van der Waals surface area contributed by atoms with Crippen molar-refractivity contribution in [2.45, 2.75) is 11.8 Å². The monoisotopic (exact) mass is 523 g/mol. The average molecular weight is 524 g/mol. The molecule has 182 valence electrons. The largest absolute Gasteiger partial charge is 0.495 e. The Morgan fingerprint density at radius 1 is 0.970 bits per heavy atom. The van der Waals surface area contributed by atoms with E-state index in [-0.39, 0.29) is 10.6 Å². The Kier molecular flexibility index (Phi) is 8.50. The van der Waals surface area contributed by atoms with E-state index < -0.39 is 48.6 Å². The van der Waals surface area contributed by atoms with Gasteiger partial charge in [-0.1, -0.05) is 0 Å². The topological polar surface area (TPSA) is 198 Å². The van der Waals surface area contributed by atoms with Crippen LogP contribution in [0.3, 0.4) is 0 Å². The van der Waals surface area contributed by atoms with Gasteiger partial charge in [0.05, 0.1) is 41.4 Å². The number of ether oxygens (including phenoxy) is 1. The molecular formula is C17H21N3O10S3. The van der Waals surface area contributed by atoms with Crippen molar-refractivity contribution < 1.29 is 43.3 Å². The molecule has 2 aromatic carbocycles. The van der Waals surface area contributed by atoms with Gasteiger partial charge in [0.2, 0.25) is 0 Å². The molecule has 0 amide bonds. The lowest BCUT2D eigenvalue weighted by molar-refractivity contribution is 0.284. The molecule has 0 bridgehead atoms. The third-order valence-corrected chi connectivity index (χ3v) is 6.68. The first-order chi connectivity index (χ1) is 15.2. The highest BCUT2D eigenvalue weighted by atomic mass is 32.3. The van der Waals surface area contributed by atoms with E-state index in [1.807, 2.05) is 0 Å². The zero-order chi connectivity index (χ0) is 24.9. The summed E-state index contributed by atoms with van der Waals surface area (Å²) >= 11 is 0. The van der Waals surface area contributed by atoms with Crippen LogP contribution >= 0.6 is 0 Å². The van der Waals surface area contributed by atoms with Crippen LogP contribution in [0.1, 0.15) is 5.56 Å². The van der Waals surface area contributed by atoms with Crippen molar-refractivity contribution in [2.24, 2.45) is 10.2 Å². The molecule has 0 aliphatic carbocycles. The lowest BCUT2D eigenvalue weighted by Gasteiger charge is -2.12. The second-order valence-electron chi connectivity index (χ2n) is 6.50. The molecule has 3 N–H and O–H groups in total. The predicted octanol–water partition coefficient (Wildman–Crippen LogP) is 2.27. The zero-order valence-corrected chi connectivity index (χ0v) is 19.8. The van der Waals surface area contributed by atoms with E-state index in [0.717, 1.165) is 0 Å². The quantitative estimate of drug-likeness (QED) is 0.288. The van der Waals surface area contributed by atoms with Crippen molar-refractivity contribution >= 4 is 47.4 Å². The number of benzene rings is 2. The molecule has 0 heterocycles. The highest BCUT2D eigenvalue weighted by Crippen LogP contribution is 2.34. The van der Waals surface area contributed by atoms with E-state index in [4.69, 9.17) is 13.8 Å². The summed E-state index contributed by atoms with van der Waals surface area (Å²) in [7, 11) is -11.5. The average Bonchev–Trinajstić information content (AvgIpc) is 2.70. The van der Waals surface area contributed by atoms with Crippen molar-refractivity contribution in [3.63, 3.8) is 0 Å². The van der Waals surface area contributed by atoms with Crippen molar-refractivity contribution in [1.29, 1.82) is 0 Å². The van der Waals surface area contributed by atoms with E-state index in [9.17, 15) is 25.3 Å². The minimum absolute atomic E-state index is 0.104. The lowest BCUT2D eigenvalue weighted by atomic mass is 10.1. The van der Waals surface area contributed by atoms with Crippen molar-refractivity contribution in [3.8, 4) is 5.75 Å². The van der Waals surface area contributed by atoms with Gasteiger partial charge in [-0.2, -0.15) is 27.1 Å². The van der Waals surface area contributed by atoms with Gasteiger partial charge in [0.15, 0.2) is 9.84 Å². The Morgan fingerprint density at radius 3 is 2.15 bits per heavy atom. The number of methoxy groups -OCH3 is 1. The summed E-state index contributed by atoms with van der Waals surface area (Å²) in [6.45, 7) is 0.954. The molecule has 0 saturated carbocycles. The van der Waals surface area contributed by atoms with Crippen LogP contribution in [0.4, 0.5) is 17.1 Å². The van der Waals surface area contributed by atoms with Gasteiger partial charge in [0, 0.05) is 6.07 Å². The Morgan fingerprint density at radius 2 is 1.61 bits per heavy atom. The molecule has 13 nitrogen and oxygen atoms in total. The maximum atomic E-state index is 12.2. The number of nitrogens with zero attached hydrogens (tertiary/aromatic N) is 2. The van der Waals surface area contributed by atoms with Crippen LogP contribution < -0.4 is 10.1 Å². The van der Waals surface area contributed by atoms with Crippen molar-refractivity contribution in [1.82, 2.24) is 0 Å². The van der Waals surface area contributed by atoms with Crippen LogP contribution in [0.2, 0.25) is 0 Å². The fraction of sp³-hybridized carbons (Fsp3) is 0.294. The summed E-state index contributed by atoms with van der Waals surface area (Å²) in [5.74, 6) is -1.11. The summed E-state index contributed by atoms with van der Waals surface area (Å²) < 4.78 is 93.9. The molecule has 2 aromatic rings. The van der Waals surface area contributed by atoms with Gasteiger partial charge in [-0.15, -0.1) is 0 Å². The number of nitrogens with one attached hydrogen (secondary N) is 1. The minimum Gasteiger partial charge on any atom is -0.495 e. The Balaban J connectivity index is 2.16. The predicted molar refractivity (Wildman–Crippen MR) is 118 cm³/mol. The van der Waals surface area contributed by atoms with Crippen LogP contribution in [0.25, 0.3) is 0 Å². The fourth-order valence-corrected chi connectivity index (χ4v) is 4.29. The smallest absolute Gasteiger partial charge is 0.397 e. The third-order valence-electron chi connectivity index (χ3n) is 4.02. The van der Waals surface area contributed by atoms with Gasteiger partial charge >= 0.3 is 10.4 Å². The molecule has 0 saturated heterocycles. The summed E-state index contributed by atoms with van der Waals surface area (Å²) in [5, 5.41) is 10.7. The number of anilines is 1. The molecule has 0 spiro atoms. The van der Waals surface area contributed by atoms with Gasteiger partial charge in [-0.3, -0.25) is 9.11 Å². The number of aryl methyl sites for hydroxylation is 1. The molecule has 33 heavy (non-hydrogen) atoms. The molecule has 0 aromatic heterocycles. The van der Waals surface area contributed by atoms with Crippen molar-refractivity contribution in [3.05, 3.63) is 42.0 Å². The summed E-state index contributed by atoms with van der Waals surface area (Å²) in [5.41, 5.74) is 1.63. The van der Waals surface area contributed by atoms with E-state index in [1.165, 1.54) is 37.4 Å². The molecule has 0 radical (unpaired) electrons. The maximum Gasteiger partial charge on any atom is 0.397 e. The van der Waals surface area contributed by atoms with Gasteiger partial charge in [-0.05, 0) is 42.8 Å². The van der Waals surface area contributed by atoms with E-state index in [1.54, 1.807) is 13.0 Å². The van der Waals surface area contributed by atoms with Gasteiger partial charge in [-0.25, -0.2) is 12.6 Å². The highest BCUT2D eigenvalue weighted by molar-refractivity contribution is 7.91. The normalized spacial score (nSPS) is 12.7. The Hall–Kier alpha value is -2.63. The Labute approximate surface area is 191 Å². The minimum atomic E-state index is -4.73. The Bertz CT molecular complexity index is 1340. The van der Waals surface area contributed by atoms with E-state index in [2.05, 4.69) is 19.7 Å². The lowest BCUT2D eigenvalue weighted by Crippen LogP contribution is -2.15. The van der Waals surface area contributed by atoms with E-state index >= 15 is 0 Å². The summed E-state index contributed by atoms with van der Waals surface area (Å²) in [4.78, 5) is -0.104. The molecule has 16 heteroatoms. The molecule has 0 aliphatic heterocycles. The second kappa shape index (κ2) is 10.5. The highest BCUT2D eigenvalue weighted by Gasteiger charge is 2.16. The van der Waals surface area contributed by atoms with Gasteiger partial charge in [0.1, 0.15) is 11.6 Å². The number of rotatable bonds is 11. The zero-order valence-electron chi connectivity index (χ0n) is 17.4. The van der Waals surface area contributed by atoms with Crippen LogP contribution in [0.15, 0.2) is 51.5 Å². The van der Waals surface area contributed by atoms with Gasteiger partial charge < -0.3 is 10.1 Å². The van der Waals surface area contributed by atoms with Crippen molar-refractivity contribution in [2.75, 3.05) is 30.7 Å². The maximum absolute atomic E-state index is 12.2. The van der Waals surface area contributed by atoms with Crippen LogP contribution in [-0.2, 0) is 34.5 Å². The number of hydrogen-bond donors (Lipinski definition) is 3. The van der Waals surface area contributed by atoms with Crippen LogP contribution in [0, 0.1) is 6.92 Å². The molecule has 0 fully saturated rings. The first-order valence-corrected chi connectivity index (χ1v) is 13.6. The summed E-state index contributed by atoms with van der Waals surface area (Å²) in [6, 6.07) is 8.34. The molecule has 0 aliphatic rings. The summed E-state index contributed by atoms with van der Waals surface area (Å²) in [6.07, 6.45) is 0. The van der Waals surface area contributed by atoms with Gasteiger partial charge in [0.25, 0.3) is 10.1 Å². The first-order valence-electron chi connectivity index (χ1n) is 8.94. The molecular weight excluding hydrogens is 502 g/mol.